The van der Waals surface area contributed by atoms with E-state index < -0.39 is 11.7 Å². The molecule has 0 unspecified atom stereocenters. The van der Waals surface area contributed by atoms with Crippen LogP contribution in [0.3, 0.4) is 0 Å². The normalized spacial score (nSPS) is 17.3. The highest BCUT2D eigenvalue weighted by Crippen LogP contribution is 2.31. The molecule has 1 amide bonds. The van der Waals surface area contributed by atoms with Gasteiger partial charge in [-0.3, -0.25) is 4.79 Å². The van der Waals surface area contributed by atoms with Crippen LogP contribution in [0.2, 0.25) is 0 Å². The highest BCUT2D eigenvalue weighted by molar-refractivity contribution is 5.97. The number of phenols is 1. The van der Waals surface area contributed by atoms with Crippen LogP contribution in [0.25, 0.3) is 0 Å². The fourth-order valence-electron chi connectivity index (χ4n) is 1.99. The maximum atomic E-state index is 12.8. The zero-order valence-electron chi connectivity index (χ0n) is 9.37. The van der Waals surface area contributed by atoms with Crippen LogP contribution in [0, 0.1) is 5.82 Å². The molecule has 0 radical (unpaired) electrons. The number of nitrogens with one attached hydrogen (secondary N) is 1. The lowest BCUT2D eigenvalue weighted by molar-refractivity contribution is 0.0835. The maximum Gasteiger partial charge on any atom is 0.255 e. The highest BCUT2D eigenvalue weighted by Gasteiger charge is 2.37. The molecule has 92 valence electrons. The van der Waals surface area contributed by atoms with Crippen molar-refractivity contribution in [3.05, 3.63) is 29.6 Å². The van der Waals surface area contributed by atoms with Gasteiger partial charge in [0.2, 0.25) is 0 Å². The number of amides is 1. The molecule has 0 heterocycles. The summed E-state index contributed by atoms with van der Waals surface area (Å²) in [6, 6.07) is 3.33. The van der Waals surface area contributed by atoms with Crippen molar-refractivity contribution in [2.75, 3.05) is 6.54 Å². The molecule has 4 nitrogen and oxygen atoms in total. The molecule has 1 aliphatic carbocycles. The number of carbonyl (C=O) groups is 1. The van der Waals surface area contributed by atoms with Gasteiger partial charge < -0.3 is 16.2 Å². The lowest BCUT2D eigenvalue weighted by Gasteiger charge is -2.41. The predicted octanol–water partition coefficient (Wildman–Crippen LogP) is 1.14. The molecule has 17 heavy (non-hydrogen) atoms. The molecule has 0 bridgehead atoms. The van der Waals surface area contributed by atoms with Crippen LogP contribution in [-0.2, 0) is 0 Å². The molecule has 1 fully saturated rings. The van der Waals surface area contributed by atoms with Gasteiger partial charge in [-0.15, -0.1) is 0 Å². The molecule has 5 heteroatoms. The molecule has 0 aromatic heterocycles. The summed E-state index contributed by atoms with van der Waals surface area (Å²) in [4.78, 5) is 11.9. The Morgan fingerprint density at radius 3 is 2.71 bits per heavy atom. The van der Waals surface area contributed by atoms with Gasteiger partial charge in [-0.05, 0) is 31.4 Å². The number of halogens is 1. The summed E-state index contributed by atoms with van der Waals surface area (Å²) in [5.74, 6) is -1.34. The Hall–Kier alpha value is -1.62. The molecule has 2 rings (SSSR count). The van der Waals surface area contributed by atoms with E-state index in [1.165, 1.54) is 6.07 Å². The topological polar surface area (TPSA) is 75.3 Å². The number of hydrogen-bond donors (Lipinski definition) is 3. The van der Waals surface area contributed by atoms with E-state index in [1.54, 1.807) is 0 Å². The van der Waals surface area contributed by atoms with Crippen molar-refractivity contribution in [1.82, 2.24) is 5.32 Å². The Kier molecular flexibility index (Phi) is 3.02. The molecular formula is C12H15FN2O2. The number of benzene rings is 1. The van der Waals surface area contributed by atoms with Crippen molar-refractivity contribution in [3.63, 3.8) is 0 Å². The number of aromatic hydroxyl groups is 1. The number of phenolic OH excluding ortho intramolecular Hbond substituents is 1. The fourth-order valence-corrected chi connectivity index (χ4v) is 1.99. The molecule has 1 aromatic carbocycles. The summed E-state index contributed by atoms with van der Waals surface area (Å²) in [6.45, 7) is 0.376. The van der Waals surface area contributed by atoms with Crippen molar-refractivity contribution in [1.29, 1.82) is 0 Å². The highest BCUT2D eigenvalue weighted by atomic mass is 19.1. The number of carbonyl (C=O) groups excluding carboxylic acids is 1. The molecule has 0 aliphatic heterocycles. The Morgan fingerprint density at radius 2 is 2.24 bits per heavy atom. The first-order valence-corrected chi connectivity index (χ1v) is 5.57. The van der Waals surface area contributed by atoms with Crippen LogP contribution >= 0.6 is 0 Å². The van der Waals surface area contributed by atoms with Crippen LogP contribution in [0.4, 0.5) is 4.39 Å². The van der Waals surface area contributed by atoms with E-state index >= 15 is 0 Å². The van der Waals surface area contributed by atoms with Crippen LogP contribution < -0.4 is 11.1 Å². The minimum atomic E-state index is -0.573. The Morgan fingerprint density at radius 1 is 1.53 bits per heavy atom. The van der Waals surface area contributed by atoms with Crippen LogP contribution in [0.15, 0.2) is 18.2 Å². The van der Waals surface area contributed by atoms with E-state index in [0.717, 1.165) is 31.4 Å². The van der Waals surface area contributed by atoms with Crippen molar-refractivity contribution in [2.45, 2.75) is 24.8 Å². The maximum absolute atomic E-state index is 12.8. The van der Waals surface area contributed by atoms with Gasteiger partial charge >= 0.3 is 0 Å². The van der Waals surface area contributed by atoms with Gasteiger partial charge in [-0.1, -0.05) is 0 Å². The standard InChI is InChI=1S/C12H15FN2O2/c13-8-2-3-9(10(16)6-8)11(17)15-12(7-14)4-1-5-12/h2-3,6,16H,1,4-5,7,14H2,(H,15,17). The first-order chi connectivity index (χ1) is 8.06. The molecule has 0 saturated heterocycles. The number of rotatable bonds is 3. The van der Waals surface area contributed by atoms with E-state index in [1.807, 2.05) is 0 Å². The molecule has 4 N–H and O–H groups in total. The van der Waals surface area contributed by atoms with Gasteiger partial charge in [0, 0.05) is 12.6 Å². The van der Waals surface area contributed by atoms with Crippen LogP contribution in [0.5, 0.6) is 5.75 Å². The van der Waals surface area contributed by atoms with Gasteiger partial charge in [-0.2, -0.15) is 0 Å². The van der Waals surface area contributed by atoms with Crippen molar-refractivity contribution in [3.8, 4) is 5.75 Å². The Balaban J connectivity index is 2.14. The lowest BCUT2D eigenvalue weighted by Crippen LogP contribution is -2.58. The van der Waals surface area contributed by atoms with Gasteiger partial charge in [-0.25, -0.2) is 4.39 Å². The van der Waals surface area contributed by atoms with E-state index in [2.05, 4.69) is 5.32 Å². The zero-order valence-corrected chi connectivity index (χ0v) is 9.37. The third kappa shape index (κ3) is 2.24. The molecular weight excluding hydrogens is 223 g/mol. The fraction of sp³-hybridized carbons (Fsp3) is 0.417. The summed E-state index contributed by atoms with van der Waals surface area (Å²) in [6.07, 6.45) is 2.72. The lowest BCUT2D eigenvalue weighted by atomic mass is 9.76. The Labute approximate surface area is 98.6 Å². The zero-order chi connectivity index (χ0) is 12.5. The van der Waals surface area contributed by atoms with E-state index in [4.69, 9.17) is 5.73 Å². The first-order valence-electron chi connectivity index (χ1n) is 5.57. The molecule has 1 saturated carbocycles. The second kappa shape index (κ2) is 4.33. The van der Waals surface area contributed by atoms with Crippen LogP contribution in [0.1, 0.15) is 29.6 Å². The summed E-state index contributed by atoms with van der Waals surface area (Å²) in [7, 11) is 0. The quantitative estimate of drug-likeness (QED) is 0.739. The molecule has 1 aliphatic rings. The van der Waals surface area contributed by atoms with E-state index in [-0.39, 0.29) is 16.9 Å². The van der Waals surface area contributed by atoms with Crippen molar-refractivity contribution < 1.29 is 14.3 Å². The van der Waals surface area contributed by atoms with E-state index in [0.29, 0.717) is 6.54 Å². The van der Waals surface area contributed by atoms with Crippen LogP contribution in [-0.4, -0.2) is 23.1 Å². The smallest absolute Gasteiger partial charge is 0.255 e. The minimum absolute atomic E-state index is 0.0751. The SMILES string of the molecule is NCC1(NC(=O)c2ccc(F)cc2O)CCC1. The summed E-state index contributed by atoms with van der Waals surface area (Å²) in [5, 5.41) is 12.3. The monoisotopic (exact) mass is 238 g/mol. The third-order valence-corrected chi connectivity index (χ3v) is 3.28. The van der Waals surface area contributed by atoms with Gasteiger partial charge in [0.05, 0.1) is 11.1 Å². The second-order valence-electron chi connectivity index (χ2n) is 4.45. The number of nitrogens with two attached hydrogens (primary N) is 1. The summed E-state index contributed by atoms with van der Waals surface area (Å²) >= 11 is 0. The largest absolute Gasteiger partial charge is 0.507 e. The minimum Gasteiger partial charge on any atom is -0.507 e. The van der Waals surface area contributed by atoms with Crippen molar-refractivity contribution in [2.24, 2.45) is 5.73 Å². The summed E-state index contributed by atoms with van der Waals surface area (Å²) in [5.41, 5.74) is 5.35. The van der Waals surface area contributed by atoms with Crippen molar-refractivity contribution >= 4 is 5.91 Å². The molecule has 0 atom stereocenters. The third-order valence-electron chi connectivity index (χ3n) is 3.28. The molecule has 1 aromatic rings. The summed E-state index contributed by atoms with van der Waals surface area (Å²) < 4.78 is 12.8. The molecule has 0 spiro atoms. The number of hydrogen-bond acceptors (Lipinski definition) is 3. The Bertz CT molecular complexity index is 439. The predicted molar refractivity (Wildman–Crippen MR) is 61.2 cm³/mol. The van der Waals surface area contributed by atoms with Gasteiger partial charge in [0.25, 0.3) is 5.91 Å². The van der Waals surface area contributed by atoms with Gasteiger partial charge in [0.1, 0.15) is 11.6 Å². The average Bonchev–Trinajstić information content (AvgIpc) is 2.23. The van der Waals surface area contributed by atoms with E-state index in [9.17, 15) is 14.3 Å². The second-order valence-corrected chi connectivity index (χ2v) is 4.45. The van der Waals surface area contributed by atoms with Gasteiger partial charge in [0.15, 0.2) is 0 Å². The first kappa shape index (κ1) is 11.9. The average molecular weight is 238 g/mol.